The van der Waals surface area contributed by atoms with Crippen molar-refractivity contribution in [2.45, 2.75) is 36.5 Å². The number of nitrogens with one attached hydrogen (secondary N) is 1. The first-order chi connectivity index (χ1) is 5.54. The van der Waals surface area contributed by atoms with Crippen molar-refractivity contribution in [1.82, 2.24) is 5.32 Å². The van der Waals surface area contributed by atoms with Gasteiger partial charge < -0.3 is 5.32 Å². The van der Waals surface area contributed by atoms with Gasteiger partial charge in [0.1, 0.15) is 0 Å². The highest BCUT2D eigenvalue weighted by Gasteiger charge is 2.52. The molecule has 70 valence electrons. The minimum Gasteiger partial charge on any atom is -0.312 e. The summed E-state index contributed by atoms with van der Waals surface area (Å²) in [7, 11) is -2.82. The van der Waals surface area contributed by atoms with Gasteiger partial charge in [0, 0.05) is 18.8 Å². The minimum absolute atomic E-state index is 0.379. The molecule has 2 aliphatic carbocycles. The molecule has 0 heterocycles. The van der Waals surface area contributed by atoms with Crippen molar-refractivity contribution in [1.29, 1.82) is 0 Å². The summed E-state index contributed by atoms with van der Waals surface area (Å²) in [5, 5.41) is 3.29. The molecule has 1 N–H and O–H groups in total. The van der Waals surface area contributed by atoms with Gasteiger partial charge in [-0.2, -0.15) is 0 Å². The predicted octanol–water partition coefficient (Wildman–Crippen LogP) is 0.316. The predicted molar refractivity (Wildman–Crippen MR) is 47.8 cm³/mol. The highest BCUT2D eigenvalue weighted by molar-refractivity contribution is 7.92. The van der Waals surface area contributed by atoms with Crippen LogP contribution in [0.5, 0.6) is 0 Å². The van der Waals surface area contributed by atoms with E-state index in [1.807, 2.05) is 0 Å². The fourth-order valence-corrected chi connectivity index (χ4v) is 2.63. The molecule has 12 heavy (non-hydrogen) atoms. The Bertz CT molecular complexity index is 275. The Morgan fingerprint density at radius 1 is 1.42 bits per heavy atom. The summed E-state index contributed by atoms with van der Waals surface area (Å²) in [5.41, 5.74) is 0. The van der Waals surface area contributed by atoms with Gasteiger partial charge in [0.15, 0.2) is 9.84 Å². The second kappa shape index (κ2) is 2.45. The number of hydrogen-bond acceptors (Lipinski definition) is 3. The monoisotopic (exact) mass is 189 g/mol. The zero-order valence-electron chi connectivity index (χ0n) is 7.34. The van der Waals surface area contributed by atoms with Gasteiger partial charge in [0.05, 0.1) is 4.75 Å². The van der Waals surface area contributed by atoms with Gasteiger partial charge in [-0.3, -0.25) is 0 Å². The second-order valence-electron chi connectivity index (χ2n) is 4.11. The van der Waals surface area contributed by atoms with E-state index < -0.39 is 9.84 Å². The molecule has 0 aromatic carbocycles. The van der Waals surface area contributed by atoms with Gasteiger partial charge in [0.25, 0.3) is 0 Å². The van der Waals surface area contributed by atoms with Crippen molar-refractivity contribution in [2.24, 2.45) is 0 Å². The maximum Gasteiger partial charge on any atom is 0.154 e. The molecule has 0 spiro atoms. The first-order valence-corrected chi connectivity index (χ1v) is 6.36. The topological polar surface area (TPSA) is 46.2 Å². The third-order valence-corrected chi connectivity index (χ3v) is 5.01. The van der Waals surface area contributed by atoms with E-state index in [0.717, 1.165) is 12.8 Å². The quantitative estimate of drug-likeness (QED) is 0.692. The molecule has 0 aromatic rings. The molecule has 0 unspecified atom stereocenters. The van der Waals surface area contributed by atoms with Gasteiger partial charge in [0.2, 0.25) is 0 Å². The first kappa shape index (κ1) is 8.51. The minimum atomic E-state index is -2.82. The zero-order valence-corrected chi connectivity index (χ0v) is 8.15. The lowest BCUT2D eigenvalue weighted by Crippen LogP contribution is -2.35. The van der Waals surface area contributed by atoms with E-state index in [-0.39, 0.29) is 4.75 Å². The van der Waals surface area contributed by atoms with E-state index in [0.29, 0.717) is 12.6 Å². The lowest BCUT2D eigenvalue weighted by molar-refractivity contribution is 0.565. The largest absolute Gasteiger partial charge is 0.312 e. The van der Waals surface area contributed by atoms with E-state index in [4.69, 9.17) is 0 Å². The molecule has 0 atom stereocenters. The molecule has 0 aromatic heterocycles. The Morgan fingerprint density at radius 2 is 2.00 bits per heavy atom. The van der Waals surface area contributed by atoms with Gasteiger partial charge in [-0.1, -0.05) is 0 Å². The van der Waals surface area contributed by atoms with E-state index in [1.165, 1.54) is 19.1 Å². The van der Waals surface area contributed by atoms with E-state index in [1.54, 1.807) is 0 Å². The molecule has 2 rings (SSSR count). The maximum absolute atomic E-state index is 11.3. The SMILES string of the molecule is CS(=O)(=O)C1(CNC2CC2)CC1. The summed E-state index contributed by atoms with van der Waals surface area (Å²) < 4.78 is 22.2. The van der Waals surface area contributed by atoms with Crippen LogP contribution >= 0.6 is 0 Å². The van der Waals surface area contributed by atoms with Crippen LogP contribution in [-0.4, -0.2) is 32.0 Å². The zero-order chi connectivity index (χ0) is 8.82. The van der Waals surface area contributed by atoms with Crippen LogP contribution in [0.1, 0.15) is 25.7 Å². The van der Waals surface area contributed by atoms with Gasteiger partial charge >= 0.3 is 0 Å². The van der Waals surface area contributed by atoms with Crippen molar-refractivity contribution in [3.63, 3.8) is 0 Å². The molecular formula is C8H15NO2S. The highest BCUT2D eigenvalue weighted by Crippen LogP contribution is 2.42. The third kappa shape index (κ3) is 1.50. The molecule has 0 saturated heterocycles. The third-order valence-electron chi connectivity index (χ3n) is 2.88. The number of sulfone groups is 1. The summed E-state index contributed by atoms with van der Waals surface area (Å²) in [6.07, 6.45) is 5.51. The van der Waals surface area contributed by atoms with Crippen LogP contribution < -0.4 is 5.32 Å². The molecule has 0 aliphatic heterocycles. The average Bonchev–Trinajstić information content (AvgIpc) is 2.80. The Labute approximate surface area is 73.5 Å². The summed E-state index contributed by atoms with van der Waals surface area (Å²) >= 11 is 0. The van der Waals surface area contributed by atoms with Crippen molar-refractivity contribution in [2.75, 3.05) is 12.8 Å². The fraction of sp³-hybridized carbons (Fsp3) is 1.00. The van der Waals surface area contributed by atoms with Gasteiger partial charge in [-0.15, -0.1) is 0 Å². The van der Waals surface area contributed by atoms with Crippen LogP contribution in [0.25, 0.3) is 0 Å². The van der Waals surface area contributed by atoms with Crippen LogP contribution in [-0.2, 0) is 9.84 Å². The van der Waals surface area contributed by atoms with Gasteiger partial charge in [-0.25, -0.2) is 8.42 Å². The summed E-state index contributed by atoms with van der Waals surface area (Å²) in [6.45, 7) is 0.677. The standard InChI is InChI=1S/C8H15NO2S/c1-12(10,11)8(4-5-8)6-9-7-2-3-7/h7,9H,2-6H2,1H3. The van der Waals surface area contributed by atoms with Crippen LogP contribution in [0.15, 0.2) is 0 Å². The highest BCUT2D eigenvalue weighted by atomic mass is 32.2. The van der Waals surface area contributed by atoms with Crippen LogP contribution in [0, 0.1) is 0 Å². The molecule has 0 bridgehead atoms. The van der Waals surface area contributed by atoms with E-state index in [2.05, 4.69) is 5.32 Å². The van der Waals surface area contributed by atoms with Gasteiger partial charge in [-0.05, 0) is 25.7 Å². The van der Waals surface area contributed by atoms with E-state index in [9.17, 15) is 8.42 Å². The van der Waals surface area contributed by atoms with Crippen molar-refractivity contribution in [3.8, 4) is 0 Å². The summed E-state index contributed by atoms with van der Waals surface area (Å²) in [4.78, 5) is 0. The molecule has 2 saturated carbocycles. The second-order valence-corrected chi connectivity index (χ2v) is 6.52. The van der Waals surface area contributed by atoms with Crippen molar-refractivity contribution >= 4 is 9.84 Å². The smallest absolute Gasteiger partial charge is 0.154 e. The molecular weight excluding hydrogens is 174 g/mol. The average molecular weight is 189 g/mol. The summed E-state index contributed by atoms with van der Waals surface area (Å²) in [5.74, 6) is 0. The maximum atomic E-state index is 11.3. The molecule has 3 nitrogen and oxygen atoms in total. The lowest BCUT2D eigenvalue weighted by atomic mass is 10.4. The molecule has 0 radical (unpaired) electrons. The van der Waals surface area contributed by atoms with Crippen LogP contribution in [0.3, 0.4) is 0 Å². The molecule has 0 amide bonds. The Morgan fingerprint density at radius 3 is 2.33 bits per heavy atom. The Hall–Kier alpha value is -0.0900. The Balaban J connectivity index is 1.92. The van der Waals surface area contributed by atoms with Crippen LogP contribution in [0.2, 0.25) is 0 Å². The first-order valence-electron chi connectivity index (χ1n) is 4.47. The summed E-state index contributed by atoms with van der Waals surface area (Å²) in [6, 6.07) is 0.615. The molecule has 4 heteroatoms. The number of hydrogen-bond donors (Lipinski definition) is 1. The number of rotatable bonds is 4. The Kier molecular flexibility index (Phi) is 1.74. The lowest BCUT2D eigenvalue weighted by Gasteiger charge is -2.13. The normalized spacial score (nSPS) is 27.1. The van der Waals surface area contributed by atoms with E-state index >= 15 is 0 Å². The van der Waals surface area contributed by atoms with Crippen molar-refractivity contribution < 1.29 is 8.42 Å². The fourth-order valence-electron chi connectivity index (χ4n) is 1.44. The van der Waals surface area contributed by atoms with Crippen LogP contribution in [0.4, 0.5) is 0 Å². The van der Waals surface area contributed by atoms with Crippen molar-refractivity contribution in [3.05, 3.63) is 0 Å². The molecule has 2 aliphatic rings. The molecule has 2 fully saturated rings.